The van der Waals surface area contributed by atoms with Crippen LogP contribution in [0.1, 0.15) is 44.2 Å². The average molecular weight is 278 g/mol. The highest BCUT2D eigenvalue weighted by molar-refractivity contribution is 6.31. The lowest BCUT2D eigenvalue weighted by Crippen LogP contribution is -2.44. The molecule has 1 aliphatic rings. The van der Waals surface area contributed by atoms with Crippen molar-refractivity contribution >= 4 is 17.5 Å². The molecule has 0 aromatic heterocycles. The van der Waals surface area contributed by atoms with Crippen LogP contribution in [0.5, 0.6) is 0 Å². The van der Waals surface area contributed by atoms with E-state index in [4.69, 9.17) is 11.6 Å². The summed E-state index contributed by atoms with van der Waals surface area (Å²) in [6, 6.07) is 8.04. The van der Waals surface area contributed by atoms with E-state index in [0.717, 1.165) is 29.8 Å². The Labute approximate surface area is 120 Å². The van der Waals surface area contributed by atoms with Crippen molar-refractivity contribution in [1.29, 1.82) is 0 Å². The number of hydrogen-bond acceptors (Lipinski definition) is 1. The second-order valence-corrected chi connectivity index (χ2v) is 5.48. The molecule has 19 heavy (non-hydrogen) atoms. The molecule has 1 aliphatic heterocycles. The van der Waals surface area contributed by atoms with Crippen molar-refractivity contribution in [2.75, 3.05) is 0 Å². The van der Waals surface area contributed by atoms with Gasteiger partial charge in [0.15, 0.2) is 0 Å². The normalized spacial score (nSPS) is 21.3. The van der Waals surface area contributed by atoms with Crippen LogP contribution in [0.2, 0.25) is 5.02 Å². The molecule has 1 aromatic carbocycles. The Hall–Kier alpha value is -1.28. The third kappa shape index (κ3) is 3.01. The molecule has 2 nitrogen and oxygen atoms in total. The number of carbonyl (C=O) groups is 1. The summed E-state index contributed by atoms with van der Waals surface area (Å²) in [4.78, 5) is 14.2. The standard InChI is InChI=1S/C16H20ClNO/c1-3-7-13-8-6-11-16(19)18(13)12(2)14-9-4-5-10-15(14)17/h3-5,9-10,12-13H,1,6-8,11H2,2H3/t12-,13+/m0/s1. The van der Waals surface area contributed by atoms with Gasteiger partial charge in [0.25, 0.3) is 0 Å². The Morgan fingerprint density at radius 3 is 2.95 bits per heavy atom. The Morgan fingerprint density at radius 2 is 2.26 bits per heavy atom. The van der Waals surface area contributed by atoms with E-state index in [0.29, 0.717) is 6.42 Å². The van der Waals surface area contributed by atoms with Gasteiger partial charge in [0.05, 0.1) is 6.04 Å². The number of likely N-dealkylation sites (tertiary alicyclic amines) is 1. The minimum atomic E-state index is 0.0199. The monoisotopic (exact) mass is 277 g/mol. The van der Waals surface area contributed by atoms with Crippen molar-refractivity contribution in [2.24, 2.45) is 0 Å². The quantitative estimate of drug-likeness (QED) is 0.749. The average Bonchev–Trinajstić information content (AvgIpc) is 2.39. The Balaban J connectivity index is 2.28. The van der Waals surface area contributed by atoms with Gasteiger partial charge in [0.1, 0.15) is 0 Å². The maximum absolute atomic E-state index is 12.3. The number of hydrogen-bond donors (Lipinski definition) is 0. The number of nitrogens with zero attached hydrogens (tertiary/aromatic N) is 1. The van der Waals surface area contributed by atoms with Gasteiger partial charge in [0.2, 0.25) is 5.91 Å². The number of halogens is 1. The van der Waals surface area contributed by atoms with Crippen LogP contribution in [0.25, 0.3) is 0 Å². The van der Waals surface area contributed by atoms with E-state index >= 15 is 0 Å². The summed E-state index contributed by atoms with van der Waals surface area (Å²) in [6.07, 6.45) is 5.41. The van der Waals surface area contributed by atoms with Crippen LogP contribution in [0.3, 0.4) is 0 Å². The molecular weight excluding hydrogens is 258 g/mol. The highest BCUT2D eigenvalue weighted by Crippen LogP contribution is 2.33. The summed E-state index contributed by atoms with van der Waals surface area (Å²) in [5.41, 5.74) is 1.02. The molecule has 0 aliphatic carbocycles. The molecule has 0 unspecified atom stereocenters. The lowest BCUT2D eigenvalue weighted by atomic mass is 9.94. The zero-order valence-corrected chi connectivity index (χ0v) is 12.1. The van der Waals surface area contributed by atoms with E-state index in [-0.39, 0.29) is 18.0 Å². The molecule has 1 amide bonds. The van der Waals surface area contributed by atoms with E-state index < -0.39 is 0 Å². The predicted octanol–water partition coefficient (Wildman–Crippen LogP) is 4.36. The van der Waals surface area contributed by atoms with Gasteiger partial charge in [0, 0.05) is 17.5 Å². The van der Waals surface area contributed by atoms with Crippen LogP contribution in [0.4, 0.5) is 0 Å². The maximum atomic E-state index is 12.3. The third-order valence-electron chi connectivity index (χ3n) is 3.82. The summed E-state index contributed by atoms with van der Waals surface area (Å²) in [5.74, 6) is 0.227. The first-order valence-electron chi connectivity index (χ1n) is 6.81. The van der Waals surface area contributed by atoms with Gasteiger partial charge in [-0.05, 0) is 37.8 Å². The molecular formula is C16H20ClNO. The summed E-state index contributed by atoms with van der Waals surface area (Å²) in [5, 5.41) is 0.728. The smallest absolute Gasteiger partial charge is 0.223 e. The number of rotatable bonds is 4. The molecule has 2 atom stereocenters. The molecule has 0 spiro atoms. The molecule has 1 heterocycles. The molecule has 3 heteroatoms. The van der Waals surface area contributed by atoms with Crippen LogP contribution >= 0.6 is 11.6 Å². The third-order valence-corrected chi connectivity index (χ3v) is 4.16. The van der Waals surface area contributed by atoms with Crippen molar-refractivity contribution in [3.05, 3.63) is 47.5 Å². The SMILES string of the molecule is C=CC[C@@H]1CCCC(=O)N1[C@@H](C)c1ccccc1Cl. The second-order valence-electron chi connectivity index (χ2n) is 5.07. The van der Waals surface area contributed by atoms with Gasteiger partial charge >= 0.3 is 0 Å². The van der Waals surface area contributed by atoms with Crippen LogP contribution in [-0.4, -0.2) is 16.8 Å². The summed E-state index contributed by atoms with van der Waals surface area (Å²) in [6.45, 7) is 5.86. The molecule has 0 N–H and O–H groups in total. The fourth-order valence-corrected chi connectivity index (χ4v) is 3.17. The minimum absolute atomic E-state index is 0.0199. The highest BCUT2D eigenvalue weighted by Gasteiger charge is 2.32. The van der Waals surface area contributed by atoms with Gasteiger partial charge in [-0.25, -0.2) is 0 Å². The number of benzene rings is 1. The number of carbonyl (C=O) groups excluding carboxylic acids is 1. The first kappa shape index (κ1) is 14.1. The lowest BCUT2D eigenvalue weighted by molar-refractivity contribution is -0.139. The van der Waals surface area contributed by atoms with E-state index in [1.165, 1.54) is 0 Å². The first-order valence-corrected chi connectivity index (χ1v) is 7.19. The van der Waals surface area contributed by atoms with Crippen LogP contribution in [0, 0.1) is 0 Å². The molecule has 1 aromatic rings. The van der Waals surface area contributed by atoms with Crippen LogP contribution < -0.4 is 0 Å². The van der Waals surface area contributed by atoms with E-state index in [2.05, 4.69) is 13.5 Å². The summed E-state index contributed by atoms with van der Waals surface area (Å²) in [7, 11) is 0. The van der Waals surface area contributed by atoms with Crippen molar-refractivity contribution in [1.82, 2.24) is 4.90 Å². The molecule has 0 radical (unpaired) electrons. The van der Waals surface area contributed by atoms with Gasteiger partial charge in [-0.3, -0.25) is 4.79 Å². The zero-order chi connectivity index (χ0) is 13.8. The van der Waals surface area contributed by atoms with E-state index in [9.17, 15) is 4.79 Å². The molecule has 102 valence electrons. The number of amides is 1. The molecule has 0 bridgehead atoms. The van der Waals surface area contributed by atoms with Crippen molar-refractivity contribution in [2.45, 2.75) is 44.7 Å². The summed E-state index contributed by atoms with van der Waals surface area (Å²) < 4.78 is 0. The van der Waals surface area contributed by atoms with Crippen LogP contribution in [0.15, 0.2) is 36.9 Å². The maximum Gasteiger partial charge on any atom is 0.223 e. The predicted molar refractivity (Wildman–Crippen MR) is 79.2 cm³/mol. The Morgan fingerprint density at radius 1 is 1.53 bits per heavy atom. The molecule has 1 fully saturated rings. The molecule has 0 saturated carbocycles. The topological polar surface area (TPSA) is 20.3 Å². The van der Waals surface area contributed by atoms with Gasteiger partial charge < -0.3 is 4.90 Å². The van der Waals surface area contributed by atoms with Gasteiger partial charge in [-0.15, -0.1) is 6.58 Å². The highest BCUT2D eigenvalue weighted by atomic mass is 35.5. The molecule has 2 rings (SSSR count). The lowest BCUT2D eigenvalue weighted by Gasteiger charge is -2.40. The van der Waals surface area contributed by atoms with E-state index in [1.807, 2.05) is 35.2 Å². The van der Waals surface area contributed by atoms with Crippen molar-refractivity contribution in [3.63, 3.8) is 0 Å². The Bertz CT molecular complexity index is 472. The largest absolute Gasteiger partial charge is 0.333 e. The summed E-state index contributed by atoms with van der Waals surface area (Å²) >= 11 is 6.25. The minimum Gasteiger partial charge on any atom is -0.333 e. The fraction of sp³-hybridized carbons (Fsp3) is 0.438. The van der Waals surface area contributed by atoms with Crippen molar-refractivity contribution in [3.8, 4) is 0 Å². The van der Waals surface area contributed by atoms with Crippen molar-refractivity contribution < 1.29 is 4.79 Å². The van der Waals surface area contributed by atoms with Gasteiger partial charge in [-0.2, -0.15) is 0 Å². The fourth-order valence-electron chi connectivity index (χ4n) is 2.88. The Kier molecular flexibility index (Phi) is 4.65. The molecule has 1 saturated heterocycles. The van der Waals surface area contributed by atoms with Crippen LogP contribution in [-0.2, 0) is 4.79 Å². The first-order chi connectivity index (χ1) is 9.15. The van der Waals surface area contributed by atoms with E-state index in [1.54, 1.807) is 0 Å². The zero-order valence-electron chi connectivity index (χ0n) is 11.3. The van der Waals surface area contributed by atoms with Gasteiger partial charge in [-0.1, -0.05) is 35.9 Å². The second kappa shape index (κ2) is 6.25. The number of piperidine rings is 1.